The topological polar surface area (TPSA) is 37.4 Å². The monoisotopic (exact) mass is 271 g/mol. The normalized spacial score (nSPS) is 18.2. The van der Waals surface area contributed by atoms with Crippen molar-refractivity contribution in [3.05, 3.63) is 29.8 Å². The fourth-order valence-electron chi connectivity index (χ4n) is 1.83. The smallest absolute Gasteiger partial charge is 0.237 e. The highest BCUT2D eigenvalue weighted by atomic mass is 33.1. The van der Waals surface area contributed by atoms with Crippen molar-refractivity contribution in [1.29, 1.82) is 0 Å². The van der Waals surface area contributed by atoms with Crippen molar-refractivity contribution >= 4 is 19.8 Å². The second kappa shape index (κ2) is 5.42. The van der Waals surface area contributed by atoms with E-state index < -0.39 is 8.87 Å². The van der Waals surface area contributed by atoms with Crippen molar-refractivity contribution in [2.45, 2.75) is 31.1 Å². The third-order valence-electron chi connectivity index (χ3n) is 2.83. The van der Waals surface area contributed by atoms with Gasteiger partial charge in [-0.25, -0.2) is 12.7 Å². The van der Waals surface area contributed by atoms with Crippen LogP contribution in [0.15, 0.2) is 29.2 Å². The molecule has 1 aliphatic rings. The van der Waals surface area contributed by atoms with Crippen LogP contribution in [0, 0.1) is 6.92 Å². The van der Waals surface area contributed by atoms with Gasteiger partial charge < -0.3 is 0 Å². The average Bonchev–Trinajstić information content (AvgIpc) is 2.30. The molecule has 2 rings (SSSR count). The summed E-state index contributed by atoms with van der Waals surface area (Å²) in [6.07, 6.45) is 3.40. The quantitative estimate of drug-likeness (QED) is 0.626. The number of benzene rings is 1. The van der Waals surface area contributed by atoms with Gasteiger partial charge >= 0.3 is 0 Å². The van der Waals surface area contributed by atoms with Gasteiger partial charge in [-0.1, -0.05) is 24.1 Å². The minimum absolute atomic E-state index is 0.402. The van der Waals surface area contributed by atoms with Crippen LogP contribution >= 0.6 is 11.0 Å². The van der Waals surface area contributed by atoms with Gasteiger partial charge in [-0.2, -0.15) is 0 Å². The van der Waals surface area contributed by atoms with Crippen molar-refractivity contribution in [1.82, 2.24) is 4.31 Å². The van der Waals surface area contributed by atoms with Crippen molar-refractivity contribution in [3.63, 3.8) is 0 Å². The Morgan fingerprint density at radius 3 is 2.24 bits per heavy atom. The Balaban J connectivity index is 2.10. The first kappa shape index (κ1) is 12.9. The third-order valence-corrected chi connectivity index (χ3v) is 6.25. The standard InChI is InChI=1S/C12H17NO2S2/c1-11-5-7-12(8-6-11)17(14,15)16-13-9-3-2-4-10-13/h5-8H,2-4,9-10H2,1H3. The van der Waals surface area contributed by atoms with Crippen LogP contribution in [0.5, 0.6) is 0 Å². The Labute approximate surface area is 107 Å². The Kier molecular flexibility index (Phi) is 4.12. The maximum absolute atomic E-state index is 12.1. The van der Waals surface area contributed by atoms with Crippen LogP contribution in [0.3, 0.4) is 0 Å². The molecular formula is C12H17NO2S2. The molecule has 1 saturated heterocycles. The molecule has 1 aromatic rings. The van der Waals surface area contributed by atoms with Crippen LogP contribution < -0.4 is 0 Å². The zero-order chi connectivity index (χ0) is 12.3. The van der Waals surface area contributed by atoms with E-state index in [2.05, 4.69) is 0 Å². The van der Waals surface area contributed by atoms with Crippen LogP contribution in [0.4, 0.5) is 0 Å². The fourth-order valence-corrected chi connectivity index (χ4v) is 4.94. The van der Waals surface area contributed by atoms with Gasteiger partial charge in [0.1, 0.15) is 0 Å². The first-order chi connectivity index (χ1) is 8.08. The van der Waals surface area contributed by atoms with E-state index in [0.717, 1.165) is 42.5 Å². The number of aryl methyl sites for hydroxylation is 1. The highest BCUT2D eigenvalue weighted by molar-refractivity contribution is 8.71. The maximum Gasteiger partial charge on any atom is 0.244 e. The lowest BCUT2D eigenvalue weighted by Crippen LogP contribution is -2.24. The molecular weight excluding hydrogens is 254 g/mol. The summed E-state index contributed by atoms with van der Waals surface area (Å²) in [5.41, 5.74) is 1.08. The van der Waals surface area contributed by atoms with E-state index in [-0.39, 0.29) is 0 Å². The minimum atomic E-state index is -3.23. The predicted molar refractivity (Wildman–Crippen MR) is 71.4 cm³/mol. The average molecular weight is 271 g/mol. The Hall–Kier alpha value is -0.520. The number of hydrogen-bond acceptors (Lipinski definition) is 4. The molecule has 1 aliphatic heterocycles. The van der Waals surface area contributed by atoms with Crippen molar-refractivity contribution in [3.8, 4) is 0 Å². The van der Waals surface area contributed by atoms with Crippen LogP contribution in [-0.2, 0) is 8.87 Å². The van der Waals surface area contributed by atoms with E-state index >= 15 is 0 Å². The summed E-state index contributed by atoms with van der Waals surface area (Å²) in [5.74, 6) is 0. The van der Waals surface area contributed by atoms with E-state index in [1.165, 1.54) is 6.42 Å². The van der Waals surface area contributed by atoms with E-state index in [1.807, 2.05) is 23.4 Å². The Morgan fingerprint density at radius 2 is 1.65 bits per heavy atom. The lowest BCUT2D eigenvalue weighted by Gasteiger charge is -2.24. The fraction of sp³-hybridized carbons (Fsp3) is 0.500. The summed E-state index contributed by atoms with van der Waals surface area (Å²) in [6.45, 7) is 3.69. The van der Waals surface area contributed by atoms with Crippen LogP contribution in [-0.4, -0.2) is 25.8 Å². The van der Waals surface area contributed by atoms with E-state index in [9.17, 15) is 8.42 Å². The van der Waals surface area contributed by atoms with E-state index in [0.29, 0.717) is 4.90 Å². The molecule has 0 bridgehead atoms. The Morgan fingerprint density at radius 1 is 1.06 bits per heavy atom. The van der Waals surface area contributed by atoms with Gasteiger partial charge in [-0.3, -0.25) is 0 Å². The first-order valence-electron chi connectivity index (χ1n) is 5.84. The van der Waals surface area contributed by atoms with Gasteiger partial charge in [0.2, 0.25) is 8.87 Å². The molecule has 0 radical (unpaired) electrons. The van der Waals surface area contributed by atoms with Crippen LogP contribution in [0.1, 0.15) is 24.8 Å². The summed E-state index contributed by atoms with van der Waals surface area (Å²) >= 11 is 0. The summed E-state index contributed by atoms with van der Waals surface area (Å²) in [6, 6.07) is 7.04. The van der Waals surface area contributed by atoms with Crippen molar-refractivity contribution in [2.75, 3.05) is 13.1 Å². The molecule has 0 aliphatic carbocycles. The van der Waals surface area contributed by atoms with E-state index in [1.54, 1.807) is 12.1 Å². The van der Waals surface area contributed by atoms with Crippen LogP contribution in [0.2, 0.25) is 0 Å². The number of piperidine rings is 1. The lowest BCUT2D eigenvalue weighted by atomic mass is 10.2. The SMILES string of the molecule is Cc1ccc(S(=O)(=O)SN2CCCCC2)cc1. The molecule has 0 amide bonds. The third kappa shape index (κ3) is 3.47. The molecule has 0 atom stereocenters. The Bertz CT molecular complexity index is 462. The van der Waals surface area contributed by atoms with Gasteiger partial charge in [-0.15, -0.1) is 0 Å². The van der Waals surface area contributed by atoms with E-state index in [4.69, 9.17) is 0 Å². The minimum Gasteiger partial charge on any atom is -0.237 e. The summed E-state index contributed by atoms with van der Waals surface area (Å²) in [5, 5.41) is 0. The molecule has 1 aromatic carbocycles. The van der Waals surface area contributed by atoms with Crippen LogP contribution in [0.25, 0.3) is 0 Å². The molecule has 17 heavy (non-hydrogen) atoms. The summed E-state index contributed by atoms with van der Waals surface area (Å²) in [7, 11) is -2.25. The molecule has 5 heteroatoms. The number of rotatable bonds is 3. The number of nitrogens with zero attached hydrogens (tertiary/aromatic N) is 1. The second-order valence-corrected chi connectivity index (χ2v) is 8.14. The second-order valence-electron chi connectivity index (χ2n) is 4.33. The van der Waals surface area contributed by atoms with Gasteiger partial charge in [0, 0.05) is 13.1 Å². The highest BCUT2D eigenvalue weighted by Gasteiger charge is 2.21. The molecule has 1 fully saturated rings. The summed E-state index contributed by atoms with van der Waals surface area (Å²) < 4.78 is 26.2. The maximum atomic E-state index is 12.1. The first-order valence-corrected chi connectivity index (χ1v) is 8.61. The predicted octanol–water partition coefficient (Wildman–Crippen LogP) is 2.82. The summed E-state index contributed by atoms with van der Waals surface area (Å²) in [4.78, 5) is 0.402. The zero-order valence-electron chi connectivity index (χ0n) is 9.93. The largest absolute Gasteiger partial charge is 0.244 e. The molecule has 0 saturated carbocycles. The molecule has 0 spiro atoms. The lowest BCUT2D eigenvalue weighted by molar-refractivity contribution is 0.383. The molecule has 1 heterocycles. The van der Waals surface area contributed by atoms with Gasteiger partial charge in [0.15, 0.2) is 0 Å². The zero-order valence-corrected chi connectivity index (χ0v) is 11.6. The molecule has 3 nitrogen and oxygen atoms in total. The molecule has 0 aromatic heterocycles. The molecule has 0 N–H and O–H groups in total. The van der Waals surface area contributed by atoms with Crippen molar-refractivity contribution < 1.29 is 8.42 Å². The molecule has 0 unspecified atom stereocenters. The van der Waals surface area contributed by atoms with Crippen molar-refractivity contribution in [2.24, 2.45) is 0 Å². The van der Waals surface area contributed by atoms with Gasteiger partial charge in [0.05, 0.1) is 15.9 Å². The number of hydrogen-bond donors (Lipinski definition) is 0. The highest BCUT2D eigenvalue weighted by Crippen LogP contribution is 2.29. The molecule has 94 valence electrons. The van der Waals surface area contributed by atoms with Gasteiger partial charge in [-0.05, 0) is 31.9 Å². The van der Waals surface area contributed by atoms with Gasteiger partial charge in [0.25, 0.3) is 0 Å².